The zero-order valence-electron chi connectivity index (χ0n) is 16.1. The SMILES string of the molecule is CC.CC1CCN(C(=O)C(C)C)C1.CCC.Clc1ccccc1. The quantitative estimate of drug-likeness (QED) is 0.587. The number of hydrogen-bond acceptors (Lipinski definition) is 1. The Morgan fingerprint density at radius 1 is 1.22 bits per heavy atom. The largest absolute Gasteiger partial charge is 0.342 e. The minimum absolute atomic E-state index is 0.167. The molecule has 0 radical (unpaired) electrons. The van der Waals surface area contributed by atoms with Gasteiger partial charge < -0.3 is 4.90 Å². The molecular formula is C20H36ClNO. The summed E-state index contributed by atoms with van der Waals surface area (Å²) in [6, 6.07) is 9.44. The third-order valence-corrected chi connectivity index (χ3v) is 3.21. The molecule has 1 aliphatic rings. The summed E-state index contributed by atoms with van der Waals surface area (Å²) in [5, 5.41) is 0.794. The van der Waals surface area contributed by atoms with Gasteiger partial charge in [-0.05, 0) is 24.5 Å². The molecular weight excluding hydrogens is 306 g/mol. The Hall–Kier alpha value is -1.02. The molecule has 1 unspecified atom stereocenters. The van der Waals surface area contributed by atoms with Crippen molar-refractivity contribution in [2.75, 3.05) is 13.1 Å². The van der Waals surface area contributed by atoms with E-state index in [2.05, 4.69) is 20.8 Å². The van der Waals surface area contributed by atoms with Crippen LogP contribution in [0.15, 0.2) is 30.3 Å². The van der Waals surface area contributed by atoms with Gasteiger partial charge in [0.15, 0.2) is 0 Å². The van der Waals surface area contributed by atoms with E-state index >= 15 is 0 Å². The van der Waals surface area contributed by atoms with Crippen LogP contribution in [-0.4, -0.2) is 23.9 Å². The van der Waals surface area contributed by atoms with Gasteiger partial charge >= 0.3 is 0 Å². The Balaban J connectivity index is 0. The molecule has 0 N–H and O–H groups in total. The lowest BCUT2D eigenvalue weighted by atomic mass is 10.2. The average molecular weight is 342 g/mol. The van der Waals surface area contributed by atoms with Crippen LogP contribution in [0.2, 0.25) is 5.02 Å². The van der Waals surface area contributed by atoms with Gasteiger partial charge in [-0.2, -0.15) is 0 Å². The fourth-order valence-corrected chi connectivity index (χ4v) is 2.06. The Labute approximate surface area is 149 Å². The number of likely N-dealkylation sites (tertiary alicyclic amines) is 1. The number of amides is 1. The van der Waals surface area contributed by atoms with Crippen molar-refractivity contribution in [3.05, 3.63) is 35.4 Å². The van der Waals surface area contributed by atoms with E-state index in [4.69, 9.17) is 11.6 Å². The summed E-state index contributed by atoms with van der Waals surface area (Å²) >= 11 is 5.54. The van der Waals surface area contributed by atoms with Crippen molar-refractivity contribution in [2.24, 2.45) is 11.8 Å². The van der Waals surface area contributed by atoms with Crippen LogP contribution < -0.4 is 0 Å². The average Bonchev–Trinajstić information content (AvgIpc) is 2.97. The van der Waals surface area contributed by atoms with Crippen LogP contribution in [0.5, 0.6) is 0 Å². The van der Waals surface area contributed by atoms with Crippen molar-refractivity contribution < 1.29 is 4.79 Å². The minimum Gasteiger partial charge on any atom is -0.342 e. The van der Waals surface area contributed by atoms with E-state index in [1.165, 1.54) is 12.8 Å². The number of rotatable bonds is 1. The van der Waals surface area contributed by atoms with Crippen LogP contribution in [0.25, 0.3) is 0 Å². The van der Waals surface area contributed by atoms with Gasteiger partial charge in [-0.15, -0.1) is 0 Å². The molecule has 1 aromatic rings. The Morgan fingerprint density at radius 2 is 1.70 bits per heavy atom. The molecule has 1 aromatic carbocycles. The molecule has 0 bridgehead atoms. The maximum atomic E-state index is 11.4. The van der Waals surface area contributed by atoms with Gasteiger partial charge in [0, 0.05) is 24.0 Å². The summed E-state index contributed by atoms with van der Waals surface area (Å²) in [4.78, 5) is 13.4. The molecule has 134 valence electrons. The first-order chi connectivity index (χ1) is 10.9. The molecule has 23 heavy (non-hydrogen) atoms. The highest BCUT2D eigenvalue weighted by Crippen LogP contribution is 2.16. The summed E-state index contributed by atoms with van der Waals surface area (Å²) in [6.07, 6.45) is 2.43. The zero-order chi connectivity index (χ0) is 18.3. The third-order valence-electron chi connectivity index (χ3n) is 2.96. The molecule has 3 heteroatoms. The van der Waals surface area contributed by atoms with Gasteiger partial charge in [0.05, 0.1) is 0 Å². The molecule has 0 aliphatic carbocycles. The highest BCUT2D eigenvalue weighted by Gasteiger charge is 2.24. The Kier molecular flexibility index (Phi) is 16.7. The lowest BCUT2D eigenvalue weighted by molar-refractivity contribution is -0.133. The van der Waals surface area contributed by atoms with Gasteiger partial charge in [0.2, 0.25) is 5.91 Å². The van der Waals surface area contributed by atoms with Crippen LogP contribution in [0.1, 0.15) is 61.3 Å². The molecule has 2 rings (SSSR count). The highest BCUT2D eigenvalue weighted by atomic mass is 35.5. The molecule has 1 aliphatic heterocycles. The van der Waals surface area contributed by atoms with Crippen LogP contribution in [0.4, 0.5) is 0 Å². The van der Waals surface area contributed by atoms with E-state index in [0.717, 1.165) is 18.1 Å². The van der Waals surface area contributed by atoms with Crippen LogP contribution in [0.3, 0.4) is 0 Å². The molecule has 1 amide bonds. The van der Waals surface area contributed by atoms with Gasteiger partial charge in [-0.3, -0.25) is 4.79 Å². The number of carbonyl (C=O) groups is 1. The highest BCUT2D eigenvalue weighted by molar-refractivity contribution is 6.30. The predicted molar refractivity (Wildman–Crippen MR) is 104 cm³/mol. The second-order valence-electron chi connectivity index (χ2n) is 5.84. The summed E-state index contributed by atoms with van der Waals surface area (Å²) in [5.74, 6) is 1.19. The summed E-state index contributed by atoms with van der Waals surface area (Å²) in [6.45, 7) is 16.3. The monoisotopic (exact) mass is 341 g/mol. The normalized spacial score (nSPS) is 15.5. The number of halogens is 1. The van der Waals surface area contributed by atoms with E-state index in [-0.39, 0.29) is 5.92 Å². The standard InChI is InChI=1S/C9H17NO.C6H5Cl.C3H8.C2H6/c1-7(2)9(11)10-5-4-8(3)6-10;7-6-4-2-1-3-5-6;1-3-2;1-2/h7-8H,4-6H2,1-3H3;1-5H;3H2,1-2H3;1-2H3. The lowest BCUT2D eigenvalue weighted by Crippen LogP contribution is -2.31. The third kappa shape index (κ3) is 13.1. The Morgan fingerprint density at radius 3 is 1.96 bits per heavy atom. The molecule has 1 atom stereocenters. The maximum Gasteiger partial charge on any atom is 0.225 e. The first-order valence-corrected chi connectivity index (χ1v) is 9.29. The molecule has 1 fully saturated rings. The van der Waals surface area contributed by atoms with E-state index in [1.54, 1.807) is 0 Å². The Bertz CT molecular complexity index is 378. The molecule has 1 heterocycles. The van der Waals surface area contributed by atoms with Crippen molar-refractivity contribution in [3.63, 3.8) is 0 Å². The smallest absolute Gasteiger partial charge is 0.225 e. The van der Waals surface area contributed by atoms with Crippen molar-refractivity contribution in [3.8, 4) is 0 Å². The number of carbonyl (C=O) groups excluding carboxylic acids is 1. The van der Waals surface area contributed by atoms with Crippen LogP contribution >= 0.6 is 11.6 Å². The van der Waals surface area contributed by atoms with E-state index in [0.29, 0.717) is 11.8 Å². The van der Waals surface area contributed by atoms with Crippen LogP contribution in [-0.2, 0) is 4.79 Å². The molecule has 0 aromatic heterocycles. The summed E-state index contributed by atoms with van der Waals surface area (Å²) < 4.78 is 0. The van der Waals surface area contributed by atoms with Crippen molar-refractivity contribution >= 4 is 17.5 Å². The predicted octanol–water partition coefficient (Wildman–Crippen LogP) is 6.29. The first-order valence-electron chi connectivity index (χ1n) is 8.91. The van der Waals surface area contributed by atoms with Crippen molar-refractivity contribution in [1.29, 1.82) is 0 Å². The minimum atomic E-state index is 0.167. The van der Waals surface area contributed by atoms with Crippen molar-refractivity contribution in [1.82, 2.24) is 4.90 Å². The lowest BCUT2D eigenvalue weighted by Gasteiger charge is -2.17. The topological polar surface area (TPSA) is 20.3 Å². The van der Waals surface area contributed by atoms with Gasteiger partial charge in [-0.25, -0.2) is 0 Å². The molecule has 2 nitrogen and oxygen atoms in total. The first kappa shape index (κ1) is 24.2. The van der Waals surface area contributed by atoms with Gasteiger partial charge in [0.1, 0.15) is 0 Å². The van der Waals surface area contributed by atoms with Gasteiger partial charge in [-0.1, -0.05) is 84.7 Å². The second kappa shape index (κ2) is 15.9. The molecule has 1 saturated heterocycles. The number of hydrogen-bond donors (Lipinski definition) is 0. The maximum absolute atomic E-state index is 11.4. The number of benzene rings is 1. The van der Waals surface area contributed by atoms with Crippen LogP contribution in [0, 0.1) is 11.8 Å². The number of nitrogens with zero attached hydrogens (tertiary/aromatic N) is 1. The summed E-state index contributed by atoms with van der Waals surface area (Å²) in [7, 11) is 0. The fraction of sp³-hybridized carbons (Fsp3) is 0.650. The van der Waals surface area contributed by atoms with Crippen molar-refractivity contribution in [2.45, 2.75) is 61.3 Å². The van der Waals surface area contributed by atoms with E-state index in [1.807, 2.05) is 62.9 Å². The fourth-order valence-electron chi connectivity index (χ4n) is 1.92. The van der Waals surface area contributed by atoms with E-state index in [9.17, 15) is 4.79 Å². The molecule has 0 saturated carbocycles. The second-order valence-corrected chi connectivity index (χ2v) is 6.27. The zero-order valence-corrected chi connectivity index (χ0v) is 16.9. The van der Waals surface area contributed by atoms with E-state index < -0.39 is 0 Å². The summed E-state index contributed by atoms with van der Waals surface area (Å²) in [5.41, 5.74) is 0. The molecule has 0 spiro atoms. The van der Waals surface area contributed by atoms with Gasteiger partial charge in [0.25, 0.3) is 0 Å².